The first-order valence-electron chi connectivity index (χ1n) is 13.6. The van der Waals surface area contributed by atoms with E-state index in [1.165, 1.54) is 21.0 Å². The predicted octanol–water partition coefficient (Wildman–Crippen LogP) is 6.18. The van der Waals surface area contributed by atoms with Crippen LogP contribution in [-0.4, -0.2) is 55.6 Å². The van der Waals surface area contributed by atoms with Crippen molar-refractivity contribution < 1.29 is 13.2 Å². The Morgan fingerprint density at radius 1 is 0.775 bits per heavy atom. The third-order valence-electron chi connectivity index (χ3n) is 7.39. The molecule has 1 saturated heterocycles. The van der Waals surface area contributed by atoms with Crippen LogP contribution >= 0.6 is 11.8 Å². The normalized spacial score (nSPS) is 18.3. The Balaban J connectivity index is 1.50. The first kappa shape index (κ1) is 28.6. The zero-order chi connectivity index (χ0) is 28.0. The molecule has 1 fully saturated rings. The van der Waals surface area contributed by atoms with Crippen molar-refractivity contribution in [2.75, 3.05) is 27.2 Å². The summed E-state index contributed by atoms with van der Waals surface area (Å²) in [6.07, 6.45) is 0.695. The first-order chi connectivity index (χ1) is 19.4. The van der Waals surface area contributed by atoms with Crippen LogP contribution in [0.3, 0.4) is 0 Å². The fourth-order valence-electron chi connectivity index (χ4n) is 5.43. The average Bonchev–Trinajstić information content (AvgIpc) is 3.41. The summed E-state index contributed by atoms with van der Waals surface area (Å²) in [4.78, 5) is 0. The molecule has 0 aromatic heterocycles. The van der Waals surface area contributed by atoms with Gasteiger partial charge in [-0.2, -0.15) is 17.0 Å². The van der Waals surface area contributed by atoms with E-state index in [2.05, 4.69) is 72.8 Å². The van der Waals surface area contributed by atoms with Gasteiger partial charge in [0.25, 0.3) is 10.2 Å². The summed E-state index contributed by atoms with van der Waals surface area (Å²) >= 11 is 1.84. The van der Waals surface area contributed by atoms with Crippen LogP contribution in [-0.2, 0) is 26.3 Å². The predicted molar refractivity (Wildman–Crippen MR) is 164 cm³/mol. The van der Waals surface area contributed by atoms with Crippen LogP contribution in [0.5, 0.6) is 0 Å². The van der Waals surface area contributed by atoms with Gasteiger partial charge in [-0.15, -0.1) is 11.8 Å². The van der Waals surface area contributed by atoms with E-state index in [1.54, 1.807) is 18.4 Å². The highest BCUT2D eigenvalue weighted by molar-refractivity contribution is 8.01. The minimum atomic E-state index is -3.63. The molecule has 0 radical (unpaired) electrons. The van der Waals surface area contributed by atoms with Crippen LogP contribution in [0.4, 0.5) is 0 Å². The van der Waals surface area contributed by atoms with Gasteiger partial charge in [-0.05, 0) is 28.7 Å². The summed E-state index contributed by atoms with van der Waals surface area (Å²) in [5.41, 5.74) is 4.58. The number of nitrogens with zero attached hydrogens (tertiary/aromatic N) is 2. The van der Waals surface area contributed by atoms with Gasteiger partial charge >= 0.3 is 0 Å². The number of rotatable bonds is 11. The Labute approximate surface area is 243 Å². The smallest absolute Gasteiger partial charge is 0.281 e. The highest BCUT2D eigenvalue weighted by Crippen LogP contribution is 2.52. The maximum absolute atomic E-state index is 13.5. The van der Waals surface area contributed by atoms with Gasteiger partial charge in [0.1, 0.15) is 0 Å². The van der Waals surface area contributed by atoms with Crippen LogP contribution in [0.15, 0.2) is 121 Å². The lowest BCUT2D eigenvalue weighted by Gasteiger charge is -2.37. The monoisotopic (exact) mass is 572 g/mol. The highest BCUT2D eigenvalue weighted by atomic mass is 32.2. The van der Waals surface area contributed by atoms with Crippen LogP contribution in [0.1, 0.15) is 28.7 Å². The largest absolute Gasteiger partial charge is 0.375 e. The zero-order valence-corrected chi connectivity index (χ0v) is 24.6. The summed E-state index contributed by atoms with van der Waals surface area (Å²) in [6, 6.07) is 41.4. The van der Waals surface area contributed by atoms with Crippen LogP contribution in [0.25, 0.3) is 0 Å². The Morgan fingerprint density at radius 3 is 1.68 bits per heavy atom. The zero-order valence-electron chi connectivity index (χ0n) is 23.0. The van der Waals surface area contributed by atoms with Crippen molar-refractivity contribution in [1.82, 2.24) is 8.61 Å². The second-order valence-electron chi connectivity index (χ2n) is 10.3. The van der Waals surface area contributed by atoms with Crippen LogP contribution < -0.4 is 0 Å². The van der Waals surface area contributed by atoms with Gasteiger partial charge in [0, 0.05) is 25.9 Å². The van der Waals surface area contributed by atoms with Gasteiger partial charge in [-0.1, -0.05) is 121 Å². The van der Waals surface area contributed by atoms with Gasteiger partial charge in [-0.25, -0.2) is 0 Å². The molecular formula is C33H36N2O3S2. The van der Waals surface area contributed by atoms with Crippen molar-refractivity contribution in [2.24, 2.45) is 0 Å². The molecule has 5 nitrogen and oxygen atoms in total. The van der Waals surface area contributed by atoms with Gasteiger partial charge in [0.15, 0.2) is 0 Å². The number of hydrogen-bond donors (Lipinski definition) is 0. The van der Waals surface area contributed by atoms with Crippen molar-refractivity contribution in [3.63, 3.8) is 0 Å². The second kappa shape index (κ2) is 12.7. The highest BCUT2D eigenvalue weighted by Gasteiger charge is 2.46. The van der Waals surface area contributed by atoms with Crippen molar-refractivity contribution in [3.8, 4) is 0 Å². The molecule has 4 aromatic rings. The average molecular weight is 573 g/mol. The Hall–Kier alpha value is -2.94. The molecule has 1 aliphatic heterocycles. The summed E-state index contributed by atoms with van der Waals surface area (Å²) in [5.74, 6) is 0. The molecule has 0 aliphatic carbocycles. The Morgan fingerprint density at radius 2 is 1.23 bits per heavy atom. The number of benzene rings is 4. The Bertz CT molecular complexity index is 1350. The number of ether oxygens (including phenoxy) is 1. The fourth-order valence-corrected chi connectivity index (χ4v) is 8.71. The number of hydrogen-bond acceptors (Lipinski definition) is 4. The molecular weight excluding hydrogens is 537 g/mol. The van der Waals surface area contributed by atoms with Crippen LogP contribution in [0, 0.1) is 0 Å². The maximum Gasteiger partial charge on any atom is 0.281 e. The van der Waals surface area contributed by atoms with Gasteiger partial charge in [0.2, 0.25) is 0 Å². The van der Waals surface area contributed by atoms with E-state index in [9.17, 15) is 8.42 Å². The van der Waals surface area contributed by atoms with E-state index in [1.807, 2.05) is 60.3 Å². The third-order valence-corrected chi connectivity index (χ3v) is 11.1. The third kappa shape index (κ3) is 6.04. The van der Waals surface area contributed by atoms with E-state index < -0.39 is 15.0 Å². The SMILES string of the molecule is CN(C)S(=O)(=O)N1C[C@H](SC(c2ccccc2)(c2ccccc2)c2ccccc2)C[C@H]1COCc1ccccc1. The van der Waals surface area contributed by atoms with Gasteiger partial charge < -0.3 is 4.74 Å². The van der Waals surface area contributed by atoms with E-state index in [0.717, 1.165) is 5.56 Å². The van der Waals surface area contributed by atoms with Gasteiger partial charge in [-0.3, -0.25) is 0 Å². The van der Waals surface area contributed by atoms with E-state index in [0.29, 0.717) is 26.2 Å². The summed E-state index contributed by atoms with van der Waals surface area (Å²) in [7, 11) is -0.436. The first-order valence-corrected chi connectivity index (χ1v) is 15.8. The minimum absolute atomic E-state index is 0.0423. The molecule has 0 spiro atoms. The molecule has 0 saturated carbocycles. The number of thioether (sulfide) groups is 1. The standard InChI is InChI=1S/C33H36N2O3S2/c1-34(2)40(36,37)35-24-32(23-31(35)26-38-25-27-15-7-3-8-16-27)39-33(28-17-9-4-10-18-28,29-19-11-5-12-20-29)30-21-13-6-14-22-30/h3-22,31-32H,23-26H2,1-2H3/t31-,32+/m0/s1. The van der Waals surface area contributed by atoms with E-state index >= 15 is 0 Å². The molecule has 0 amide bonds. The minimum Gasteiger partial charge on any atom is -0.375 e. The quantitative estimate of drug-likeness (QED) is 0.202. The molecule has 40 heavy (non-hydrogen) atoms. The van der Waals surface area contributed by atoms with Crippen molar-refractivity contribution in [2.45, 2.75) is 29.1 Å². The lowest BCUT2D eigenvalue weighted by molar-refractivity contribution is 0.0862. The van der Waals surface area contributed by atoms with Crippen molar-refractivity contribution in [1.29, 1.82) is 0 Å². The van der Waals surface area contributed by atoms with E-state index in [-0.39, 0.29) is 11.3 Å². The Kier molecular flexibility index (Phi) is 9.08. The summed E-state index contributed by atoms with van der Waals surface area (Å²) < 4.78 is 35.5. The maximum atomic E-state index is 13.5. The van der Waals surface area contributed by atoms with Crippen LogP contribution in [0.2, 0.25) is 0 Å². The lowest BCUT2D eigenvalue weighted by Crippen LogP contribution is -2.44. The molecule has 0 bridgehead atoms. The molecule has 1 aliphatic rings. The summed E-state index contributed by atoms with van der Waals surface area (Å²) in [5, 5.41) is 0.0423. The topological polar surface area (TPSA) is 49.9 Å². The molecule has 1 heterocycles. The van der Waals surface area contributed by atoms with Crippen molar-refractivity contribution in [3.05, 3.63) is 144 Å². The molecule has 0 N–H and O–H groups in total. The molecule has 4 aromatic carbocycles. The fraction of sp³-hybridized carbons (Fsp3) is 0.273. The molecule has 5 rings (SSSR count). The summed E-state index contributed by atoms with van der Waals surface area (Å²) in [6.45, 7) is 1.21. The second-order valence-corrected chi connectivity index (χ2v) is 13.9. The molecule has 0 unspecified atom stereocenters. The molecule has 7 heteroatoms. The van der Waals surface area contributed by atoms with Crippen molar-refractivity contribution >= 4 is 22.0 Å². The molecule has 2 atom stereocenters. The van der Waals surface area contributed by atoms with E-state index in [4.69, 9.17) is 4.74 Å². The molecule has 208 valence electrons. The van der Waals surface area contributed by atoms with Gasteiger partial charge in [0.05, 0.1) is 24.0 Å². The lowest BCUT2D eigenvalue weighted by atomic mass is 9.84.